The number of benzene rings is 2. The highest BCUT2D eigenvalue weighted by atomic mass is 16.6. The molecule has 1 amide bonds. The highest BCUT2D eigenvalue weighted by molar-refractivity contribution is 5.99. The number of aliphatic imine (C=N–C) groups is 1. The SMILES string of the molecule is CN(C)C(=O)CNC(=NCc1ccc([N+](=O)[O-])cc1)N1CCc2ccccc21. The van der Waals surface area contributed by atoms with E-state index in [2.05, 4.69) is 21.3 Å². The van der Waals surface area contributed by atoms with E-state index >= 15 is 0 Å². The highest BCUT2D eigenvalue weighted by Gasteiger charge is 2.23. The molecule has 28 heavy (non-hydrogen) atoms. The molecule has 3 rings (SSSR count). The molecule has 0 spiro atoms. The van der Waals surface area contributed by atoms with Crippen LogP contribution < -0.4 is 10.2 Å². The normalized spacial score (nSPS) is 13.2. The summed E-state index contributed by atoms with van der Waals surface area (Å²) in [6.45, 7) is 1.28. The summed E-state index contributed by atoms with van der Waals surface area (Å²) in [6.07, 6.45) is 0.913. The minimum absolute atomic E-state index is 0.0458. The van der Waals surface area contributed by atoms with E-state index in [1.54, 1.807) is 26.2 Å². The van der Waals surface area contributed by atoms with Crippen LogP contribution in [0.3, 0.4) is 0 Å². The topological polar surface area (TPSA) is 91.1 Å². The fraction of sp³-hybridized carbons (Fsp3) is 0.300. The summed E-state index contributed by atoms with van der Waals surface area (Å²) in [4.78, 5) is 30.7. The summed E-state index contributed by atoms with van der Waals surface area (Å²) < 4.78 is 0. The number of anilines is 1. The number of hydrogen-bond acceptors (Lipinski definition) is 4. The van der Waals surface area contributed by atoms with Crippen LogP contribution in [0.15, 0.2) is 53.5 Å². The van der Waals surface area contributed by atoms with E-state index in [0.29, 0.717) is 12.5 Å². The average molecular weight is 381 g/mol. The number of nitro groups is 1. The van der Waals surface area contributed by atoms with Crippen LogP contribution in [0.2, 0.25) is 0 Å². The molecule has 2 aromatic carbocycles. The van der Waals surface area contributed by atoms with E-state index in [0.717, 1.165) is 24.2 Å². The van der Waals surface area contributed by atoms with E-state index in [-0.39, 0.29) is 18.1 Å². The number of likely N-dealkylation sites (N-methyl/N-ethyl adjacent to an activating group) is 1. The number of guanidine groups is 1. The van der Waals surface area contributed by atoms with Gasteiger partial charge < -0.3 is 15.1 Å². The molecule has 2 aromatic rings. The monoisotopic (exact) mass is 381 g/mol. The van der Waals surface area contributed by atoms with Crippen LogP contribution in [-0.4, -0.2) is 48.9 Å². The van der Waals surface area contributed by atoms with Gasteiger partial charge in [0.05, 0.1) is 18.0 Å². The summed E-state index contributed by atoms with van der Waals surface area (Å²) in [6, 6.07) is 14.5. The number of amides is 1. The van der Waals surface area contributed by atoms with Crippen LogP contribution in [-0.2, 0) is 17.8 Å². The summed E-state index contributed by atoms with van der Waals surface area (Å²) in [5.74, 6) is 0.578. The third-order valence-electron chi connectivity index (χ3n) is 4.60. The summed E-state index contributed by atoms with van der Waals surface area (Å²) in [5.41, 5.74) is 3.23. The smallest absolute Gasteiger partial charge is 0.269 e. The number of carbonyl (C=O) groups is 1. The Bertz CT molecular complexity index is 893. The van der Waals surface area contributed by atoms with Gasteiger partial charge in [-0.1, -0.05) is 30.3 Å². The molecule has 1 aliphatic heterocycles. The van der Waals surface area contributed by atoms with Crippen molar-refractivity contribution >= 4 is 23.2 Å². The van der Waals surface area contributed by atoms with E-state index in [1.165, 1.54) is 22.6 Å². The van der Waals surface area contributed by atoms with Crippen LogP contribution in [0, 0.1) is 10.1 Å². The van der Waals surface area contributed by atoms with Gasteiger partial charge in [0.2, 0.25) is 5.91 Å². The number of para-hydroxylation sites is 1. The van der Waals surface area contributed by atoms with Crippen LogP contribution in [0.25, 0.3) is 0 Å². The van der Waals surface area contributed by atoms with Gasteiger partial charge in [-0.05, 0) is 23.6 Å². The molecule has 8 heteroatoms. The number of rotatable bonds is 5. The maximum Gasteiger partial charge on any atom is 0.269 e. The number of nitro benzene ring substituents is 1. The Morgan fingerprint density at radius 2 is 1.93 bits per heavy atom. The lowest BCUT2D eigenvalue weighted by Crippen LogP contribution is -2.45. The Balaban J connectivity index is 1.80. The molecule has 0 bridgehead atoms. The minimum Gasteiger partial charge on any atom is -0.347 e. The zero-order valence-corrected chi connectivity index (χ0v) is 16.0. The quantitative estimate of drug-likeness (QED) is 0.371. The number of hydrogen-bond donors (Lipinski definition) is 1. The Labute approximate surface area is 163 Å². The predicted octanol–water partition coefficient (Wildman–Crippen LogP) is 2.19. The highest BCUT2D eigenvalue weighted by Crippen LogP contribution is 2.27. The molecule has 1 N–H and O–H groups in total. The van der Waals surface area contributed by atoms with Crippen molar-refractivity contribution in [2.45, 2.75) is 13.0 Å². The lowest BCUT2D eigenvalue weighted by atomic mass is 10.2. The van der Waals surface area contributed by atoms with Crippen molar-refractivity contribution in [3.8, 4) is 0 Å². The number of non-ortho nitro benzene ring substituents is 1. The molecule has 146 valence electrons. The fourth-order valence-electron chi connectivity index (χ4n) is 3.00. The Hall–Kier alpha value is -3.42. The van der Waals surface area contributed by atoms with E-state index in [1.807, 2.05) is 18.2 Å². The summed E-state index contributed by atoms with van der Waals surface area (Å²) in [7, 11) is 3.42. The van der Waals surface area contributed by atoms with E-state index in [9.17, 15) is 14.9 Å². The standard InChI is InChI=1S/C20H23N5O3/c1-23(2)19(26)14-22-20(24-12-11-16-5-3-4-6-18(16)24)21-13-15-7-9-17(10-8-15)25(27)28/h3-10H,11-14H2,1-2H3,(H,21,22). The lowest BCUT2D eigenvalue weighted by molar-refractivity contribution is -0.384. The van der Waals surface area contributed by atoms with Crippen LogP contribution >= 0.6 is 0 Å². The largest absolute Gasteiger partial charge is 0.347 e. The first kappa shape index (κ1) is 19.3. The Kier molecular flexibility index (Phi) is 5.88. The van der Waals surface area contributed by atoms with Gasteiger partial charge in [-0.25, -0.2) is 4.99 Å². The molecule has 0 aliphatic carbocycles. The van der Waals surface area contributed by atoms with Gasteiger partial charge in [0.25, 0.3) is 5.69 Å². The van der Waals surface area contributed by atoms with Gasteiger partial charge in [0, 0.05) is 38.5 Å². The molecule has 0 saturated carbocycles. The van der Waals surface area contributed by atoms with E-state index < -0.39 is 4.92 Å². The molecule has 1 aliphatic rings. The second kappa shape index (κ2) is 8.51. The first-order chi connectivity index (χ1) is 13.5. The predicted molar refractivity (Wildman–Crippen MR) is 108 cm³/mol. The van der Waals surface area contributed by atoms with Crippen molar-refractivity contribution in [2.75, 3.05) is 32.1 Å². The van der Waals surface area contributed by atoms with Crippen LogP contribution in [0.5, 0.6) is 0 Å². The second-order valence-corrected chi connectivity index (χ2v) is 6.74. The van der Waals surface area contributed by atoms with E-state index in [4.69, 9.17) is 0 Å². The van der Waals surface area contributed by atoms with Crippen molar-refractivity contribution in [3.63, 3.8) is 0 Å². The minimum atomic E-state index is -0.423. The maximum atomic E-state index is 12.0. The molecule has 0 saturated heterocycles. The summed E-state index contributed by atoms with van der Waals surface area (Å²) in [5, 5.41) is 14.0. The zero-order valence-electron chi connectivity index (χ0n) is 16.0. The number of nitrogens with zero attached hydrogens (tertiary/aromatic N) is 4. The fourth-order valence-corrected chi connectivity index (χ4v) is 3.00. The third kappa shape index (κ3) is 4.46. The van der Waals surface area contributed by atoms with Crippen LogP contribution in [0.4, 0.5) is 11.4 Å². The number of carbonyl (C=O) groups excluding carboxylic acids is 1. The van der Waals surface area contributed by atoms with Crippen molar-refractivity contribution in [2.24, 2.45) is 4.99 Å². The van der Waals surface area contributed by atoms with Crippen molar-refractivity contribution in [1.29, 1.82) is 0 Å². The number of nitrogens with one attached hydrogen (secondary N) is 1. The Morgan fingerprint density at radius 1 is 1.21 bits per heavy atom. The van der Waals surface area contributed by atoms with Crippen LogP contribution in [0.1, 0.15) is 11.1 Å². The lowest BCUT2D eigenvalue weighted by Gasteiger charge is -2.23. The molecule has 0 fully saturated rings. The average Bonchev–Trinajstić information content (AvgIpc) is 3.12. The third-order valence-corrected chi connectivity index (χ3v) is 4.60. The molecular formula is C20H23N5O3. The first-order valence-electron chi connectivity index (χ1n) is 9.03. The van der Waals surface area contributed by atoms with Gasteiger partial charge >= 0.3 is 0 Å². The maximum absolute atomic E-state index is 12.0. The number of fused-ring (bicyclic) bond motifs is 1. The molecule has 8 nitrogen and oxygen atoms in total. The van der Waals surface area contributed by atoms with Gasteiger partial charge in [0.1, 0.15) is 0 Å². The molecule has 0 atom stereocenters. The van der Waals surface area contributed by atoms with Gasteiger partial charge in [0.15, 0.2) is 5.96 Å². The van der Waals surface area contributed by atoms with Gasteiger partial charge in [-0.3, -0.25) is 14.9 Å². The molecule has 0 aromatic heterocycles. The Morgan fingerprint density at radius 3 is 2.61 bits per heavy atom. The van der Waals surface area contributed by atoms with Gasteiger partial charge in [-0.2, -0.15) is 0 Å². The van der Waals surface area contributed by atoms with Gasteiger partial charge in [-0.15, -0.1) is 0 Å². The molecular weight excluding hydrogens is 358 g/mol. The first-order valence-corrected chi connectivity index (χ1v) is 9.03. The molecule has 0 radical (unpaired) electrons. The zero-order chi connectivity index (χ0) is 20.1. The summed E-state index contributed by atoms with van der Waals surface area (Å²) >= 11 is 0. The molecule has 1 heterocycles. The second-order valence-electron chi connectivity index (χ2n) is 6.74. The van der Waals surface area contributed by atoms with Crippen molar-refractivity contribution in [3.05, 3.63) is 69.8 Å². The van der Waals surface area contributed by atoms with Crippen molar-refractivity contribution in [1.82, 2.24) is 10.2 Å². The van der Waals surface area contributed by atoms with Crippen molar-refractivity contribution < 1.29 is 9.72 Å². The molecule has 0 unspecified atom stereocenters.